The van der Waals surface area contributed by atoms with E-state index in [4.69, 9.17) is 0 Å². The smallest absolute Gasteiger partial charge is 0.226 e. The first-order valence-corrected chi connectivity index (χ1v) is 7.30. The topological polar surface area (TPSA) is 32.3 Å². The maximum Gasteiger partial charge on any atom is 0.226 e. The number of rotatable bonds is 2. The van der Waals surface area contributed by atoms with Crippen molar-refractivity contribution in [2.45, 2.75) is 12.3 Å². The third-order valence-corrected chi connectivity index (χ3v) is 4.31. The van der Waals surface area contributed by atoms with Crippen molar-refractivity contribution in [2.75, 3.05) is 26.2 Å². The fourth-order valence-electron chi connectivity index (χ4n) is 2.69. The molecule has 1 amide bonds. The highest BCUT2D eigenvalue weighted by atomic mass is 79.9. The first-order chi connectivity index (χ1) is 8.75. The molecule has 1 aliphatic carbocycles. The van der Waals surface area contributed by atoms with Crippen molar-refractivity contribution in [3.8, 4) is 0 Å². The highest BCUT2D eigenvalue weighted by molar-refractivity contribution is 9.10. The number of benzene rings is 1. The molecule has 3 rings (SSSR count). The first-order valence-electron chi connectivity index (χ1n) is 6.50. The second-order valence-corrected chi connectivity index (χ2v) is 5.99. The molecule has 2 atom stereocenters. The lowest BCUT2D eigenvalue weighted by molar-refractivity contribution is -0.133. The maximum absolute atomic E-state index is 12.3. The lowest BCUT2D eigenvalue weighted by Gasteiger charge is -2.27. The van der Waals surface area contributed by atoms with Gasteiger partial charge in [0.15, 0.2) is 0 Å². The van der Waals surface area contributed by atoms with Crippen molar-refractivity contribution in [3.05, 3.63) is 34.3 Å². The van der Waals surface area contributed by atoms with Crippen LogP contribution in [0.4, 0.5) is 0 Å². The first kappa shape index (κ1) is 12.2. The molecule has 0 bridgehead atoms. The summed E-state index contributed by atoms with van der Waals surface area (Å²) in [5.74, 6) is 1.00. The molecule has 4 heteroatoms. The molecule has 1 aromatic rings. The Kier molecular flexibility index (Phi) is 3.39. The van der Waals surface area contributed by atoms with E-state index in [9.17, 15) is 4.79 Å². The number of nitrogens with zero attached hydrogens (tertiary/aromatic N) is 1. The summed E-state index contributed by atoms with van der Waals surface area (Å²) in [5, 5.41) is 3.28. The Balaban J connectivity index is 1.64. The van der Waals surface area contributed by atoms with Crippen LogP contribution in [0.5, 0.6) is 0 Å². The molecule has 1 heterocycles. The Morgan fingerprint density at radius 3 is 2.83 bits per heavy atom. The van der Waals surface area contributed by atoms with Crippen LogP contribution in [-0.2, 0) is 4.79 Å². The molecule has 1 aromatic carbocycles. The van der Waals surface area contributed by atoms with Crippen molar-refractivity contribution in [3.63, 3.8) is 0 Å². The SMILES string of the molecule is O=C(C1CC1c1cccc(Br)c1)N1CCNCC1. The van der Waals surface area contributed by atoms with Crippen molar-refractivity contribution in [2.24, 2.45) is 5.92 Å². The van der Waals surface area contributed by atoms with E-state index in [1.807, 2.05) is 17.0 Å². The summed E-state index contributed by atoms with van der Waals surface area (Å²) in [7, 11) is 0. The van der Waals surface area contributed by atoms with Gasteiger partial charge in [0.1, 0.15) is 0 Å². The van der Waals surface area contributed by atoms with Gasteiger partial charge in [-0.05, 0) is 30.0 Å². The normalized spacial score (nSPS) is 27.1. The predicted molar refractivity (Wildman–Crippen MR) is 74.4 cm³/mol. The van der Waals surface area contributed by atoms with Crippen LogP contribution in [-0.4, -0.2) is 37.0 Å². The van der Waals surface area contributed by atoms with E-state index >= 15 is 0 Å². The van der Waals surface area contributed by atoms with E-state index in [2.05, 4.69) is 33.4 Å². The van der Waals surface area contributed by atoms with E-state index in [0.717, 1.165) is 37.1 Å². The molecule has 1 saturated heterocycles. The number of amides is 1. The van der Waals surface area contributed by atoms with Crippen LogP contribution < -0.4 is 5.32 Å². The number of hydrogen-bond acceptors (Lipinski definition) is 2. The monoisotopic (exact) mass is 308 g/mol. The average Bonchev–Trinajstić information content (AvgIpc) is 3.19. The molecular weight excluding hydrogens is 292 g/mol. The molecule has 0 radical (unpaired) electrons. The summed E-state index contributed by atoms with van der Waals surface area (Å²) in [5.41, 5.74) is 1.29. The average molecular weight is 309 g/mol. The second-order valence-electron chi connectivity index (χ2n) is 5.08. The number of piperazine rings is 1. The van der Waals surface area contributed by atoms with Gasteiger partial charge in [-0.25, -0.2) is 0 Å². The summed E-state index contributed by atoms with van der Waals surface area (Å²) < 4.78 is 1.10. The van der Waals surface area contributed by atoms with Gasteiger partial charge in [0.2, 0.25) is 5.91 Å². The summed E-state index contributed by atoms with van der Waals surface area (Å²) in [6.45, 7) is 3.58. The van der Waals surface area contributed by atoms with Gasteiger partial charge < -0.3 is 10.2 Å². The Morgan fingerprint density at radius 2 is 2.11 bits per heavy atom. The minimum Gasteiger partial charge on any atom is -0.340 e. The van der Waals surface area contributed by atoms with Gasteiger partial charge in [-0.2, -0.15) is 0 Å². The second kappa shape index (κ2) is 5.02. The summed E-state index contributed by atoms with van der Waals surface area (Å²) in [6, 6.07) is 8.33. The van der Waals surface area contributed by atoms with Crippen LogP contribution in [0.2, 0.25) is 0 Å². The van der Waals surface area contributed by atoms with Crippen LogP contribution >= 0.6 is 15.9 Å². The molecule has 0 aromatic heterocycles. The number of nitrogens with one attached hydrogen (secondary N) is 1. The van der Waals surface area contributed by atoms with Gasteiger partial charge >= 0.3 is 0 Å². The zero-order valence-corrected chi connectivity index (χ0v) is 11.8. The zero-order valence-electron chi connectivity index (χ0n) is 10.2. The van der Waals surface area contributed by atoms with Crippen LogP contribution in [0.15, 0.2) is 28.7 Å². The number of carbonyl (C=O) groups is 1. The molecule has 1 saturated carbocycles. The van der Waals surface area contributed by atoms with Gasteiger partial charge in [0, 0.05) is 36.6 Å². The summed E-state index contributed by atoms with van der Waals surface area (Å²) in [6.07, 6.45) is 1.01. The van der Waals surface area contributed by atoms with Crippen molar-refractivity contribution >= 4 is 21.8 Å². The van der Waals surface area contributed by atoms with Gasteiger partial charge in [0.25, 0.3) is 0 Å². The molecule has 1 aliphatic heterocycles. The van der Waals surface area contributed by atoms with Crippen LogP contribution in [0.3, 0.4) is 0 Å². The zero-order chi connectivity index (χ0) is 12.5. The third kappa shape index (κ3) is 2.45. The minimum atomic E-state index is 0.220. The molecular formula is C14H17BrN2O. The van der Waals surface area contributed by atoms with E-state index in [0.29, 0.717) is 11.8 Å². The number of hydrogen-bond donors (Lipinski definition) is 1. The standard InChI is InChI=1S/C14H17BrN2O/c15-11-3-1-2-10(8-11)12-9-13(12)14(18)17-6-4-16-5-7-17/h1-3,8,12-13,16H,4-7,9H2. The van der Waals surface area contributed by atoms with E-state index in [1.165, 1.54) is 5.56 Å². The Morgan fingerprint density at radius 1 is 1.33 bits per heavy atom. The fraction of sp³-hybridized carbons (Fsp3) is 0.500. The predicted octanol–water partition coefficient (Wildman–Crippen LogP) is 1.98. The molecule has 96 valence electrons. The fourth-order valence-corrected chi connectivity index (χ4v) is 3.11. The third-order valence-electron chi connectivity index (χ3n) is 3.81. The minimum absolute atomic E-state index is 0.220. The van der Waals surface area contributed by atoms with Gasteiger partial charge in [0.05, 0.1) is 0 Å². The molecule has 0 spiro atoms. The Hall–Kier alpha value is -0.870. The van der Waals surface area contributed by atoms with Gasteiger partial charge in [-0.1, -0.05) is 28.1 Å². The quantitative estimate of drug-likeness (QED) is 0.906. The van der Waals surface area contributed by atoms with Crippen molar-refractivity contribution in [1.82, 2.24) is 10.2 Å². The van der Waals surface area contributed by atoms with Crippen LogP contribution in [0.1, 0.15) is 17.9 Å². The highest BCUT2D eigenvalue weighted by Gasteiger charge is 2.45. The highest BCUT2D eigenvalue weighted by Crippen LogP contribution is 2.48. The van der Waals surface area contributed by atoms with Gasteiger partial charge in [-0.3, -0.25) is 4.79 Å². The van der Waals surface area contributed by atoms with Crippen LogP contribution in [0.25, 0.3) is 0 Å². The Bertz CT molecular complexity index is 457. The Labute approximate surface area is 116 Å². The molecule has 2 aliphatic rings. The van der Waals surface area contributed by atoms with Crippen molar-refractivity contribution < 1.29 is 4.79 Å². The molecule has 18 heavy (non-hydrogen) atoms. The van der Waals surface area contributed by atoms with E-state index in [-0.39, 0.29) is 5.92 Å². The summed E-state index contributed by atoms with van der Waals surface area (Å²) >= 11 is 3.49. The molecule has 2 unspecified atom stereocenters. The molecule has 3 nitrogen and oxygen atoms in total. The molecule has 2 fully saturated rings. The van der Waals surface area contributed by atoms with E-state index in [1.54, 1.807) is 0 Å². The number of halogens is 1. The van der Waals surface area contributed by atoms with Gasteiger partial charge in [-0.15, -0.1) is 0 Å². The largest absolute Gasteiger partial charge is 0.340 e. The summed E-state index contributed by atoms with van der Waals surface area (Å²) in [4.78, 5) is 14.3. The molecule has 1 N–H and O–H groups in total. The van der Waals surface area contributed by atoms with E-state index < -0.39 is 0 Å². The maximum atomic E-state index is 12.3. The van der Waals surface area contributed by atoms with Crippen molar-refractivity contribution in [1.29, 1.82) is 0 Å². The lowest BCUT2D eigenvalue weighted by Crippen LogP contribution is -2.47. The lowest BCUT2D eigenvalue weighted by atomic mass is 10.1. The van der Waals surface area contributed by atoms with Crippen LogP contribution in [0, 0.1) is 5.92 Å². The number of carbonyl (C=O) groups excluding carboxylic acids is 1.